The molecule has 3 aromatic heterocycles. The molecule has 0 atom stereocenters. The fourth-order valence-corrected chi connectivity index (χ4v) is 3.39. The fraction of sp³-hybridized carbons (Fsp3) is 0.114. The van der Waals surface area contributed by atoms with Crippen molar-refractivity contribution in [3.8, 4) is 22.5 Å². The number of hydrogen-bond acceptors (Lipinski definition) is 6. The van der Waals surface area contributed by atoms with Crippen LogP contribution >= 0.6 is 0 Å². The average Bonchev–Trinajstić information content (AvgIpc) is 3.02. The Morgan fingerprint density at radius 2 is 1.28 bits per heavy atom. The van der Waals surface area contributed by atoms with Crippen LogP contribution in [-0.2, 0) is 51.2 Å². The van der Waals surface area contributed by atoms with Gasteiger partial charge < -0.3 is 20.2 Å². The van der Waals surface area contributed by atoms with Crippen LogP contribution < -0.4 is 0 Å². The molecule has 2 aromatic carbocycles. The van der Waals surface area contributed by atoms with Gasteiger partial charge in [0.15, 0.2) is 5.78 Å². The number of aryl methyl sites for hydroxylation is 1. The Hall–Kier alpha value is -4.34. The number of aromatic carboxylic acids is 1. The zero-order chi connectivity index (χ0) is 33.2. The van der Waals surface area contributed by atoms with E-state index in [2.05, 4.69) is 27.1 Å². The van der Waals surface area contributed by atoms with E-state index in [1.807, 2.05) is 42.5 Å². The van der Waals surface area contributed by atoms with Gasteiger partial charge in [0.2, 0.25) is 0 Å². The van der Waals surface area contributed by atoms with Crippen LogP contribution in [-0.4, -0.2) is 36.9 Å². The van der Waals surface area contributed by atoms with Crippen LogP contribution in [0.1, 0.15) is 35.5 Å². The summed E-state index contributed by atoms with van der Waals surface area (Å²) in [6, 6.07) is 31.7. The number of aliphatic hydroxyl groups excluding tert-OH is 1. The second-order valence-electron chi connectivity index (χ2n) is 9.11. The number of halogens is 3. The third-order valence-electron chi connectivity index (χ3n) is 5.21. The smallest absolute Gasteiger partial charge is 0.399 e. The van der Waals surface area contributed by atoms with E-state index in [1.165, 1.54) is 32.2 Å². The first-order chi connectivity index (χ1) is 21.4. The molecule has 3 heterocycles. The van der Waals surface area contributed by atoms with Gasteiger partial charge >= 0.3 is 12.1 Å². The topological polar surface area (TPSA) is 113 Å². The molecule has 2 N–H and O–H groups in total. The molecule has 0 spiro atoms. The molecule has 250 valence electrons. The molecule has 7 nitrogen and oxygen atoms in total. The molecule has 0 saturated heterocycles. The number of carbonyl (C=O) groups excluding carboxylic acids is 1. The number of benzene rings is 2. The number of aromatic nitrogens is 3. The van der Waals surface area contributed by atoms with Crippen LogP contribution in [0.25, 0.3) is 22.5 Å². The Kier molecular flexibility index (Phi) is 20.2. The van der Waals surface area contributed by atoms with Gasteiger partial charge in [-0.3, -0.25) is 4.79 Å². The maximum absolute atomic E-state index is 12.6. The van der Waals surface area contributed by atoms with Crippen molar-refractivity contribution in [2.75, 3.05) is 0 Å². The van der Waals surface area contributed by atoms with E-state index in [9.17, 15) is 22.8 Å². The number of pyridine rings is 3. The number of carboxylic acids is 1. The Morgan fingerprint density at radius 1 is 0.745 bits per heavy atom. The van der Waals surface area contributed by atoms with Gasteiger partial charge in [-0.25, -0.2) is 9.78 Å². The fourth-order valence-electron chi connectivity index (χ4n) is 3.39. The van der Waals surface area contributed by atoms with Crippen LogP contribution in [0.15, 0.2) is 121 Å². The summed E-state index contributed by atoms with van der Waals surface area (Å²) in [6.45, 7) is 4.47. The number of alkyl halides is 3. The molecular formula is C35H30F3Ir2N3O4-2. The standard InChI is InChI=1S/C13H9F3N.C11H8N.C6H5NO2.C5H8O2.2Ir/c1-9-6-10(12-4-2-3-5-17-12)8-11(7-9)13(14,15)16;1-2-6-10(7-3-1)11-8-4-5-9-12-11;8-6(9)5-3-1-2-4-7-5;1-4(6)3-5(2)7;;/h2-7H,1H3;1-6,8-9H;1-4H,(H,8,9);3,6H,1-2H3;;/q2*-1;;;;. The van der Waals surface area contributed by atoms with Gasteiger partial charge in [0.25, 0.3) is 0 Å². The van der Waals surface area contributed by atoms with Crippen molar-refractivity contribution in [3.05, 3.63) is 150 Å². The Balaban J connectivity index is 0.000000625. The van der Waals surface area contributed by atoms with Gasteiger partial charge in [0, 0.05) is 64.9 Å². The predicted octanol–water partition coefficient (Wildman–Crippen LogP) is 8.24. The average molecular weight is 998 g/mol. The summed E-state index contributed by atoms with van der Waals surface area (Å²) in [5.74, 6) is -1.05. The van der Waals surface area contributed by atoms with Gasteiger partial charge in [-0.15, -0.1) is 65.2 Å². The zero-order valence-electron chi connectivity index (χ0n) is 25.3. The minimum atomic E-state index is -4.38. The molecule has 0 unspecified atom stereocenters. The summed E-state index contributed by atoms with van der Waals surface area (Å²) in [7, 11) is 0. The number of carboxylic acid groups (broad SMARTS) is 1. The van der Waals surface area contributed by atoms with E-state index in [-0.39, 0.29) is 57.4 Å². The number of hydrogen-bond donors (Lipinski definition) is 2. The third-order valence-corrected chi connectivity index (χ3v) is 5.21. The first-order valence-corrected chi connectivity index (χ1v) is 13.3. The molecule has 2 radical (unpaired) electrons. The molecule has 12 heteroatoms. The number of allylic oxidation sites excluding steroid dienone is 2. The Bertz CT molecular complexity index is 1620. The molecule has 5 aromatic rings. The van der Waals surface area contributed by atoms with Crippen molar-refractivity contribution < 1.29 is 73.2 Å². The molecule has 0 amide bonds. The van der Waals surface area contributed by atoms with E-state index < -0.39 is 17.7 Å². The van der Waals surface area contributed by atoms with Crippen LogP contribution in [0.4, 0.5) is 13.2 Å². The largest absolute Gasteiger partial charge is 0.512 e. The number of rotatable bonds is 4. The first kappa shape index (κ1) is 42.7. The summed E-state index contributed by atoms with van der Waals surface area (Å²) in [5.41, 5.74) is 2.71. The minimum absolute atomic E-state index is 0. The molecular weight excluding hydrogens is 968 g/mol. The van der Waals surface area contributed by atoms with Crippen LogP contribution in [0.3, 0.4) is 0 Å². The Morgan fingerprint density at radius 3 is 1.64 bits per heavy atom. The van der Waals surface area contributed by atoms with E-state index in [0.29, 0.717) is 16.8 Å². The van der Waals surface area contributed by atoms with Crippen molar-refractivity contribution in [3.63, 3.8) is 0 Å². The van der Waals surface area contributed by atoms with Crippen LogP contribution in [0.5, 0.6) is 0 Å². The third kappa shape index (κ3) is 17.2. The van der Waals surface area contributed by atoms with Crippen LogP contribution in [0.2, 0.25) is 0 Å². The van der Waals surface area contributed by atoms with Gasteiger partial charge in [-0.2, -0.15) is 13.2 Å². The molecule has 0 aliphatic rings. The zero-order valence-corrected chi connectivity index (χ0v) is 30.1. The summed E-state index contributed by atoms with van der Waals surface area (Å²) in [6.07, 6.45) is 1.56. The molecule has 0 fully saturated rings. The van der Waals surface area contributed by atoms with Gasteiger partial charge in [0.05, 0.1) is 5.76 Å². The SMILES string of the molecule is CC(=O)C=C(C)O.Cc1cc(-c2ccccn2)[c-]c(C(F)(F)F)c1.O=C(O)c1ccccn1.[Ir].[Ir].[c-]1ccccc1-c1ccccn1. The van der Waals surface area contributed by atoms with Gasteiger partial charge in [-0.05, 0) is 55.1 Å². The van der Waals surface area contributed by atoms with Gasteiger partial charge in [-0.1, -0.05) is 37.3 Å². The predicted molar refractivity (Wildman–Crippen MR) is 165 cm³/mol. The molecule has 5 rings (SSSR count). The van der Waals surface area contributed by atoms with Crippen molar-refractivity contribution >= 4 is 11.8 Å². The molecule has 0 saturated carbocycles. The van der Waals surface area contributed by atoms with Crippen molar-refractivity contribution in [2.45, 2.75) is 26.9 Å². The van der Waals surface area contributed by atoms with Crippen molar-refractivity contribution in [1.29, 1.82) is 0 Å². The molecule has 47 heavy (non-hydrogen) atoms. The Labute approximate surface area is 298 Å². The number of carbonyl (C=O) groups is 2. The van der Waals surface area contributed by atoms with Crippen LogP contribution in [0, 0.1) is 19.1 Å². The quantitative estimate of drug-likeness (QED) is 0.106. The summed E-state index contributed by atoms with van der Waals surface area (Å²) in [4.78, 5) is 32.0. The molecule has 0 bridgehead atoms. The second kappa shape index (κ2) is 22.2. The molecule has 0 aliphatic heterocycles. The van der Waals surface area contributed by atoms with E-state index in [4.69, 9.17) is 10.2 Å². The minimum Gasteiger partial charge on any atom is -0.512 e. The normalized spacial score (nSPS) is 10.0. The summed E-state index contributed by atoms with van der Waals surface area (Å²) >= 11 is 0. The van der Waals surface area contributed by atoms with E-state index >= 15 is 0 Å². The number of aliphatic hydroxyl groups is 1. The van der Waals surface area contributed by atoms with E-state index in [0.717, 1.165) is 17.3 Å². The molecule has 0 aliphatic carbocycles. The second-order valence-corrected chi connectivity index (χ2v) is 9.11. The first-order valence-electron chi connectivity index (χ1n) is 13.3. The monoisotopic (exact) mass is 999 g/mol. The van der Waals surface area contributed by atoms with E-state index in [1.54, 1.807) is 55.7 Å². The van der Waals surface area contributed by atoms with Gasteiger partial charge in [0.1, 0.15) is 5.69 Å². The maximum Gasteiger partial charge on any atom is 0.399 e. The van der Waals surface area contributed by atoms with Crippen molar-refractivity contribution in [2.24, 2.45) is 0 Å². The number of ketones is 1. The summed E-state index contributed by atoms with van der Waals surface area (Å²) in [5, 5.41) is 16.7. The summed E-state index contributed by atoms with van der Waals surface area (Å²) < 4.78 is 37.8. The van der Waals surface area contributed by atoms with Crippen molar-refractivity contribution in [1.82, 2.24) is 15.0 Å². The number of nitrogens with zero attached hydrogens (tertiary/aromatic N) is 3. The maximum atomic E-state index is 12.6.